The van der Waals surface area contributed by atoms with E-state index in [1.165, 1.54) is 18.2 Å². The number of benzene rings is 2. The zero-order chi connectivity index (χ0) is 22.0. The second-order valence-corrected chi connectivity index (χ2v) is 7.75. The molecule has 1 amide bonds. The molecule has 1 aromatic heterocycles. The Bertz CT molecular complexity index is 1150. The van der Waals surface area contributed by atoms with Gasteiger partial charge in [-0.25, -0.2) is 9.18 Å². The van der Waals surface area contributed by atoms with Gasteiger partial charge in [-0.2, -0.15) is 0 Å². The quantitative estimate of drug-likeness (QED) is 0.587. The zero-order valence-electron chi connectivity index (χ0n) is 17.7. The average molecular weight is 424 g/mol. The fourth-order valence-corrected chi connectivity index (χ4v) is 4.04. The second-order valence-electron chi connectivity index (χ2n) is 7.75. The van der Waals surface area contributed by atoms with Crippen molar-refractivity contribution in [2.75, 3.05) is 38.2 Å². The number of hydrogen-bond donors (Lipinski definition) is 0. The molecule has 7 heteroatoms. The topological polar surface area (TPSA) is 63.0 Å². The number of hydrogen-bond acceptors (Lipinski definition) is 5. The van der Waals surface area contributed by atoms with Gasteiger partial charge in [0.2, 0.25) is 5.91 Å². The first-order valence-electron chi connectivity index (χ1n) is 10.3. The molecule has 1 saturated heterocycles. The summed E-state index contributed by atoms with van der Waals surface area (Å²) < 4.78 is 23.9. The monoisotopic (exact) mass is 424 g/mol. The van der Waals surface area contributed by atoms with Gasteiger partial charge in [0.25, 0.3) is 0 Å². The lowest BCUT2D eigenvalue weighted by Gasteiger charge is -2.36. The highest BCUT2D eigenvalue weighted by atomic mass is 19.1. The van der Waals surface area contributed by atoms with Gasteiger partial charge in [0, 0.05) is 55.8 Å². The van der Waals surface area contributed by atoms with Gasteiger partial charge in [0.05, 0.1) is 7.11 Å². The Kier molecular flexibility index (Phi) is 5.93. The van der Waals surface area contributed by atoms with E-state index < -0.39 is 5.63 Å². The lowest BCUT2D eigenvalue weighted by atomic mass is 10.0. The number of anilines is 1. The first kappa shape index (κ1) is 20.9. The molecule has 31 heavy (non-hydrogen) atoms. The van der Waals surface area contributed by atoms with Crippen LogP contribution in [0.4, 0.5) is 10.1 Å². The van der Waals surface area contributed by atoms with E-state index in [0.717, 1.165) is 35.3 Å². The summed E-state index contributed by atoms with van der Waals surface area (Å²) in [5, 5.41) is 0.843. The number of carbonyl (C=O) groups is 1. The number of ether oxygens (including phenoxy) is 1. The summed E-state index contributed by atoms with van der Waals surface area (Å²) in [6.07, 6.45) is 0.906. The number of aryl methyl sites for hydroxylation is 2. The molecule has 0 N–H and O–H groups in total. The smallest absolute Gasteiger partial charge is 0.336 e. The van der Waals surface area contributed by atoms with E-state index in [1.54, 1.807) is 25.3 Å². The second kappa shape index (κ2) is 8.79. The first-order chi connectivity index (χ1) is 14.9. The van der Waals surface area contributed by atoms with Crippen molar-refractivity contribution in [3.63, 3.8) is 0 Å². The van der Waals surface area contributed by atoms with Gasteiger partial charge in [0.1, 0.15) is 17.1 Å². The Hall–Kier alpha value is -3.35. The Labute approximate surface area is 179 Å². The molecular formula is C24H25FN2O4. The average Bonchev–Trinajstić information content (AvgIpc) is 2.77. The van der Waals surface area contributed by atoms with Crippen LogP contribution in [0, 0.1) is 12.7 Å². The third-order valence-electron chi connectivity index (χ3n) is 5.78. The summed E-state index contributed by atoms with van der Waals surface area (Å²) in [6, 6.07) is 11.6. The minimum atomic E-state index is -0.394. The maximum Gasteiger partial charge on any atom is 0.336 e. The Morgan fingerprint density at radius 2 is 1.81 bits per heavy atom. The fourth-order valence-electron chi connectivity index (χ4n) is 4.04. The number of methoxy groups -OCH3 is 1. The molecule has 6 nitrogen and oxygen atoms in total. The molecule has 0 bridgehead atoms. The van der Waals surface area contributed by atoms with Gasteiger partial charge in [-0.3, -0.25) is 4.79 Å². The van der Waals surface area contributed by atoms with Crippen LogP contribution in [-0.4, -0.2) is 44.1 Å². The Morgan fingerprint density at radius 1 is 1.10 bits per heavy atom. The van der Waals surface area contributed by atoms with Crippen molar-refractivity contribution in [3.8, 4) is 5.75 Å². The summed E-state index contributed by atoms with van der Waals surface area (Å²) >= 11 is 0. The summed E-state index contributed by atoms with van der Waals surface area (Å²) in [5.41, 5.74) is 2.80. The van der Waals surface area contributed by atoms with Gasteiger partial charge in [-0.05, 0) is 54.8 Å². The molecule has 0 spiro atoms. The lowest BCUT2D eigenvalue weighted by molar-refractivity contribution is -0.131. The summed E-state index contributed by atoms with van der Waals surface area (Å²) in [4.78, 5) is 28.5. The van der Waals surface area contributed by atoms with Crippen molar-refractivity contribution in [1.29, 1.82) is 0 Å². The van der Waals surface area contributed by atoms with Crippen LogP contribution in [0.3, 0.4) is 0 Å². The maximum atomic E-state index is 13.1. The molecule has 1 fully saturated rings. The summed E-state index contributed by atoms with van der Waals surface area (Å²) in [5.74, 6) is 0.450. The first-order valence-corrected chi connectivity index (χ1v) is 10.3. The SMILES string of the molecule is COc1cc2oc(=O)cc(C)c2cc1CCC(=O)N1CCN(c2ccc(F)cc2)CC1. The molecule has 1 aliphatic rings. The number of halogens is 1. The van der Waals surface area contributed by atoms with Gasteiger partial charge in [-0.15, -0.1) is 0 Å². The highest BCUT2D eigenvalue weighted by Crippen LogP contribution is 2.28. The molecule has 0 saturated carbocycles. The van der Waals surface area contributed by atoms with E-state index in [2.05, 4.69) is 4.90 Å². The molecule has 2 heterocycles. The highest BCUT2D eigenvalue weighted by Gasteiger charge is 2.22. The van der Waals surface area contributed by atoms with Crippen molar-refractivity contribution in [2.45, 2.75) is 19.8 Å². The number of carbonyl (C=O) groups excluding carboxylic acids is 1. The number of nitrogens with zero attached hydrogens (tertiary/aromatic N) is 2. The van der Waals surface area contributed by atoms with Crippen molar-refractivity contribution in [2.24, 2.45) is 0 Å². The number of fused-ring (bicyclic) bond motifs is 1. The zero-order valence-corrected chi connectivity index (χ0v) is 17.7. The van der Waals surface area contributed by atoms with Crippen LogP contribution < -0.4 is 15.3 Å². The Morgan fingerprint density at radius 3 is 2.48 bits per heavy atom. The molecule has 0 unspecified atom stereocenters. The van der Waals surface area contributed by atoms with E-state index in [1.807, 2.05) is 17.9 Å². The minimum absolute atomic E-state index is 0.0946. The van der Waals surface area contributed by atoms with Crippen LogP contribution in [0.1, 0.15) is 17.5 Å². The van der Waals surface area contributed by atoms with Crippen LogP contribution in [0.15, 0.2) is 51.7 Å². The number of piperazine rings is 1. The molecular weight excluding hydrogens is 399 g/mol. The molecule has 3 aromatic rings. The number of rotatable bonds is 5. The molecule has 2 aromatic carbocycles. The predicted molar refractivity (Wildman–Crippen MR) is 117 cm³/mol. The van der Waals surface area contributed by atoms with Crippen LogP contribution in [0.2, 0.25) is 0 Å². The van der Waals surface area contributed by atoms with E-state index >= 15 is 0 Å². The van der Waals surface area contributed by atoms with Crippen molar-refractivity contribution in [3.05, 3.63) is 69.8 Å². The largest absolute Gasteiger partial charge is 0.496 e. The van der Waals surface area contributed by atoms with Gasteiger partial charge in [0.15, 0.2) is 0 Å². The fraction of sp³-hybridized carbons (Fsp3) is 0.333. The molecule has 162 valence electrons. The highest BCUT2D eigenvalue weighted by molar-refractivity contribution is 5.83. The van der Waals surface area contributed by atoms with Crippen molar-refractivity contribution >= 4 is 22.6 Å². The normalized spacial score (nSPS) is 14.2. The summed E-state index contributed by atoms with van der Waals surface area (Å²) in [7, 11) is 1.56. The number of amides is 1. The van der Waals surface area contributed by atoms with Gasteiger partial charge in [-0.1, -0.05) is 0 Å². The van der Waals surface area contributed by atoms with Crippen molar-refractivity contribution < 1.29 is 18.3 Å². The lowest BCUT2D eigenvalue weighted by Crippen LogP contribution is -2.48. The van der Waals surface area contributed by atoms with Crippen LogP contribution in [0.5, 0.6) is 5.75 Å². The predicted octanol–water partition coefficient (Wildman–Crippen LogP) is 3.53. The van der Waals surface area contributed by atoms with Crippen molar-refractivity contribution in [1.82, 2.24) is 4.90 Å². The third-order valence-corrected chi connectivity index (χ3v) is 5.78. The maximum absolute atomic E-state index is 13.1. The van der Waals surface area contributed by atoms with E-state index in [-0.39, 0.29) is 11.7 Å². The van der Waals surface area contributed by atoms with Crippen LogP contribution in [0.25, 0.3) is 11.0 Å². The standard InChI is InChI=1S/C24H25FN2O4/c1-16-13-24(29)31-22-15-21(30-2)17(14-20(16)22)3-8-23(28)27-11-9-26(10-12-27)19-6-4-18(25)5-7-19/h4-7,13-15H,3,8-12H2,1-2H3. The van der Waals surface area contributed by atoms with Gasteiger partial charge < -0.3 is 19.0 Å². The van der Waals surface area contributed by atoms with Crippen LogP contribution >= 0.6 is 0 Å². The minimum Gasteiger partial charge on any atom is -0.496 e. The molecule has 0 aliphatic carbocycles. The molecule has 0 radical (unpaired) electrons. The Balaban J connectivity index is 1.40. The van der Waals surface area contributed by atoms with Gasteiger partial charge >= 0.3 is 5.63 Å². The van der Waals surface area contributed by atoms with E-state index in [9.17, 15) is 14.0 Å². The molecule has 1 aliphatic heterocycles. The van der Waals surface area contributed by atoms with Crippen LogP contribution in [-0.2, 0) is 11.2 Å². The van der Waals surface area contributed by atoms with E-state index in [4.69, 9.17) is 9.15 Å². The van der Waals surface area contributed by atoms with E-state index in [0.29, 0.717) is 37.3 Å². The molecule has 4 rings (SSSR count). The summed E-state index contributed by atoms with van der Waals surface area (Å²) in [6.45, 7) is 4.57. The third kappa shape index (κ3) is 4.55. The molecule has 0 atom stereocenters.